The zero-order valence-corrected chi connectivity index (χ0v) is 7.18. The summed E-state index contributed by atoms with van der Waals surface area (Å²) in [5.41, 5.74) is 6.62. The zero-order valence-electron chi connectivity index (χ0n) is 7.18. The maximum Gasteiger partial charge on any atom is 0.122 e. The van der Waals surface area contributed by atoms with Crippen molar-refractivity contribution in [1.29, 1.82) is 0 Å². The Hall–Kier alpha value is -1.55. The highest BCUT2D eigenvalue weighted by molar-refractivity contribution is 5.17. The van der Waals surface area contributed by atoms with Crippen LogP contribution in [0.4, 0.5) is 0 Å². The Bertz CT molecular complexity index is 364. The molecule has 68 valence electrons. The van der Waals surface area contributed by atoms with E-state index in [0.717, 1.165) is 17.9 Å². The van der Waals surface area contributed by atoms with Crippen LogP contribution in [0, 0.1) is 0 Å². The molecule has 0 spiro atoms. The molecule has 2 aromatic rings. The largest absolute Gasteiger partial charge is 0.468 e. The van der Waals surface area contributed by atoms with E-state index in [9.17, 15) is 0 Å². The molecule has 0 aliphatic carbocycles. The molecule has 0 saturated heterocycles. The fraction of sp³-hybridized carbons (Fsp3) is 0.222. The summed E-state index contributed by atoms with van der Waals surface area (Å²) in [4.78, 5) is 3.96. The third kappa shape index (κ3) is 1.62. The van der Waals surface area contributed by atoms with Crippen molar-refractivity contribution >= 4 is 0 Å². The molecular weight excluding hydrogens is 166 g/mol. The van der Waals surface area contributed by atoms with E-state index in [4.69, 9.17) is 10.2 Å². The van der Waals surface area contributed by atoms with Gasteiger partial charge in [-0.05, 0) is 6.07 Å². The van der Waals surface area contributed by atoms with Gasteiger partial charge in [0.2, 0.25) is 0 Å². The summed E-state index contributed by atoms with van der Waals surface area (Å²) in [6, 6.07) is 1.93. The van der Waals surface area contributed by atoms with Gasteiger partial charge in [-0.3, -0.25) is 0 Å². The molecule has 4 heteroatoms. The van der Waals surface area contributed by atoms with Crippen LogP contribution in [-0.2, 0) is 13.1 Å². The van der Waals surface area contributed by atoms with Gasteiger partial charge in [0.05, 0.1) is 25.7 Å². The summed E-state index contributed by atoms with van der Waals surface area (Å²) in [5.74, 6) is 0.841. The van der Waals surface area contributed by atoms with Crippen molar-refractivity contribution in [3.05, 3.63) is 42.4 Å². The van der Waals surface area contributed by atoms with Crippen molar-refractivity contribution in [2.24, 2.45) is 5.73 Å². The average molecular weight is 177 g/mol. The maximum absolute atomic E-state index is 5.51. The molecule has 0 fully saturated rings. The van der Waals surface area contributed by atoms with Crippen LogP contribution < -0.4 is 5.73 Å². The zero-order chi connectivity index (χ0) is 9.10. The minimum absolute atomic E-state index is 0.441. The van der Waals surface area contributed by atoms with E-state index in [1.165, 1.54) is 0 Å². The molecule has 0 aliphatic heterocycles. The Morgan fingerprint density at radius 3 is 3.15 bits per heavy atom. The van der Waals surface area contributed by atoms with E-state index < -0.39 is 0 Å². The molecule has 2 aromatic heterocycles. The normalized spacial score (nSPS) is 10.5. The van der Waals surface area contributed by atoms with Crippen molar-refractivity contribution in [1.82, 2.24) is 9.55 Å². The van der Waals surface area contributed by atoms with Gasteiger partial charge in [0.1, 0.15) is 5.76 Å². The van der Waals surface area contributed by atoms with Crippen molar-refractivity contribution in [2.75, 3.05) is 0 Å². The van der Waals surface area contributed by atoms with Gasteiger partial charge < -0.3 is 14.7 Å². The lowest BCUT2D eigenvalue weighted by molar-refractivity contribution is 0.505. The molecule has 0 amide bonds. The molecule has 4 nitrogen and oxygen atoms in total. The van der Waals surface area contributed by atoms with Gasteiger partial charge in [0.25, 0.3) is 0 Å². The van der Waals surface area contributed by atoms with Crippen LogP contribution in [0.15, 0.2) is 35.5 Å². The molecule has 2 rings (SSSR count). The Labute approximate surface area is 76.0 Å². The van der Waals surface area contributed by atoms with Gasteiger partial charge in [0, 0.05) is 18.0 Å². The number of nitrogens with zero attached hydrogens (tertiary/aromatic N) is 2. The molecule has 2 N–H and O–H groups in total. The third-order valence-electron chi connectivity index (χ3n) is 1.94. The van der Waals surface area contributed by atoms with Crippen LogP contribution in [0.2, 0.25) is 0 Å². The lowest BCUT2D eigenvalue weighted by Crippen LogP contribution is -2.02. The van der Waals surface area contributed by atoms with Gasteiger partial charge in [-0.1, -0.05) is 0 Å². The Morgan fingerprint density at radius 1 is 1.54 bits per heavy atom. The van der Waals surface area contributed by atoms with E-state index in [0.29, 0.717) is 6.54 Å². The molecule has 0 aromatic carbocycles. The first kappa shape index (κ1) is 8.07. The summed E-state index contributed by atoms with van der Waals surface area (Å²) < 4.78 is 7.18. The summed E-state index contributed by atoms with van der Waals surface area (Å²) in [6.45, 7) is 1.21. The predicted molar refractivity (Wildman–Crippen MR) is 47.9 cm³/mol. The fourth-order valence-electron chi connectivity index (χ4n) is 1.26. The molecule has 13 heavy (non-hydrogen) atoms. The highest BCUT2D eigenvalue weighted by Gasteiger charge is 2.03. The van der Waals surface area contributed by atoms with Gasteiger partial charge in [0.15, 0.2) is 0 Å². The maximum atomic E-state index is 5.51. The van der Waals surface area contributed by atoms with Crippen LogP contribution in [-0.4, -0.2) is 9.55 Å². The van der Waals surface area contributed by atoms with Gasteiger partial charge in [-0.15, -0.1) is 0 Å². The third-order valence-corrected chi connectivity index (χ3v) is 1.94. The second kappa shape index (κ2) is 3.45. The van der Waals surface area contributed by atoms with E-state index in [-0.39, 0.29) is 0 Å². The molecule has 0 radical (unpaired) electrons. The summed E-state index contributed by atoms with van der Waals surface area (Å²) >= 11 is 0. The first-order valence-electron chi connectivity index (χ1n) is 4.11. The standard InChI is InChI=1S/C9H11N3O/c10-5-9-8(1-4-13-9)6-12-3-2-11-7-12/h1-4,7H,5-6,10H2. The van der Waals surface area contributed by atoms with Crippen molar-refractivity contribution in [3.8, 4) is 0 Å². The smallest absolute Gasteiger partial charge is 0.122 e. The van der Waals surface area contributed by atoms with Crippen LogP contribution in [0.5, 0.6) is 0 Å². The van der Waals surface area contributed by atoms with Gasteiger partial charge in [-0.2, -0.15) is 0 Å². The van der Waals surface area contributed by atoms with Crippen LogP contribution >= 0.6 is 0 Å². The second-order valence-corrected chi connectivity index (χ2v) is 2.81. The van der Waals surface area contributed by atoms with Crippen LogP contribution in [0.1, 0.15) is 11.3 Å². The van der Waals surface area contributed by atoms with E-state index in [1.807, 2.05) is 16.8 Å². The molecule has 0 aliphatic rings. The Balaban J connectivity index is 2.18. The van der Waals surface area contributed by atoms with Crippen LogP contribution in [0.25, 0.3) is 0 Å². The van der Waals surface area contributed by atoms with Crippen LogP contribution in [0.3, 0.4) is 0 Å². The summed E-state index contributed by atoms with van der Waals surface area (Å²) in [6.07, 6.45) is 7.09. The molecule has 0 atom stereocenters. The number of aromatic nitrogens is 2. The molecule has 0 bridgehead atoms. The topological polar surface area (TPSA) is 57.0 Å². The van der Waals surface area contributed by atoms with E-state index in [1.54, 1.807) is 18.8 Å². The molecular formula is C9H11N3O. The minimum atomic E-state index is 0.441. The number of imidazole rings is 1. The van der Waals surface area contributed by atoms with Gasteiger partial charge in [-0.25, -0.2) is 4.98 Å². The fourth-order valence-corrected chi connectivity index (χ4v) is 1.26. The van der Waals surface area contributed by atoms with E-state index >= 15 is 0 Å². The summed E-state index contributed by atoms with van der Waals surface area (Å²) in [5, 5.41) is 0. The average Bonchev–Trinajstić information content (AvgIpc) is 2.76. The lowest BCUT2D eigenvalue weighted by atomic mass is 10.2. The summed E-state index contributed by atoms with van der Waals surface area (Å²) in [7, 11) is 0. The molecule has 0 unspecified atom stereocenters. The monoisotopic (exact) mass is 177 g/mol. The number of hydrogen-bond acceptors (Lipinski definition) is 3. The van der Waals surface area contributed by atoms with Crippen molar-refractivity contribution in [2.45, 2.75) is 13.1 Å². The number of rotatable bonds is 3. The Morgan fingerprint density at radius 2 is 2.46 bits per heavy atom. The van der Waals surface area contributed by atoms with Crippen molar-refractivity contribution in [3.63, 3.8) is 0 Å². The van der Waals surface area contributed by atoms with E-state index in [2.05, 4.69) is 4.98 Å². The lowest BCUT2D eigenvalue weighted by Gasteiger charge is -2.00. The second-order valence-electron chi connectivity index (χ2n) is 2.81. The number of nitrogens with two attached hydrogens (primary N) is 1. The minimum Gasteiger partial charge on any atom is -0.468 e. The SMILES string of the molecule is NCc1occc1Cn1ccnc1. The van der Waals surface area contributed by atoms with Crippen molar-refractivity contribution < 1.29 is 4.42 Å². The number of furan rings is 1. The Kier molecular flexibility index (Phi) is 2.14. The number of hydrogen-bond donors (Lipinski definition) is 1. The molecule has 2 heterocycles. The first-order chi connectivity index (χ1) is 6.40. The predicted octanol–water partition coefficient (Wildman–Crippen LogP) is 0.983. The quantitative estimate of drug-likeness (QED) is 0.760. The first-order valence-corrected chi connectivity index (χ1v) is 4.11. The van der Waals surface area contributed by atoms with Gasteiger partial charge >= 0.3 is 0 Å². The highest BCUT2D eigenvalue weighted by Crippen LogP contribution is 2.10. The highest BCUT2D eigenvalue weighted by atomic mass is 16.3. The molecule has 0 saturated carbocycles.